The first-order valence-corrected chi connectivity index (χ1v) is 14.4. The molecule has 1 aromatic carbocycles. The van der Waals surface area contributed by atoms with E-state index in [1.54, 1.807) is 35.2 Å². The first kappa shape index (κ1) is 34.7. The second-order valence-corrected chi connectivity index (χ2v) is 11.9. The molecular formula is C30H46N4O8. The van der Waals surface area contributed by atoms with Crippen LogP contribution in [0.5, 0.6) is 0 Å². The highest BCUT2D eigenvalue weighted by Gasteiger charge is 2.48. The van der Waals surface area contributed by atoms with Gasteiger partial charge in [0, 0.05) is 19.5 Å². The molecule has 2 rings (SSSR count). The molecule has 0 spiro atoms. The predicted octanol–water partition coefficient (Wildman–Crippen LogP) is 3.06. The molecule has 4 N–H and O–H groups in total. The molecule has 1 aromatic rings. The van der Waals surface area contributed by atoms with Crippen molar-refractivity contribution in [2.45, 2.75) is 84.8 Å². The van der Waals surface area contributed by atoms with Gasteiger partial charge in [-0.25, -0.2) is 9.59 Å². The zero-order chi connectivity index (χ0) is 31.3. The van der Waals surface area contributed by atoms with Crippen molar-refractivity contribution in [1.82, 2.24) is 9.80 Å². The van der Waals surface area contributed by atoms with Crippen LogP contribution in [0.2, 0.25) is 0 Å². The molecule has 1 heterocycles. The van der Waals surface area contributed by atoms with E-state index in [9.17, 15) is 24.0 Å². The minimum Gasteiger partial charge on any atom is -0.460 e. The number of carbonyl (C=O) groups excluding carboxylic acids is 5. The summed E-state index contributed by atoms with van der Waals surface area (Å²) in [5.74, 6) is 2.17. The minimum absolute atomic E-state index is 0.0373. The van der Waals surface area contributed by atoms with Crippen LogP contribution in [0.1, 0.15) is 78.2 Å². The molecule has 0 saturated carbocycles. The SMILES string of the molecule is CC(C)(C)OC(=O)N1CCC(CCCCCC(=O)N(CC(C)(C(=O)ON)C(=O)OCc2ccccc2)C(=O)CN)CC1. The molecule has 1 saturated heterocycles. The summed E-state index contributed by atoms with van der Waals surface area (Å²) in [6, 6.07) is 8.83. The molecule has 234 valence electrons. The van der Waals surface area contributed by atoms with Gasteiger partial charge in [-0.1, -0.05) is 49.6 Å². The number of likely N-dealkylation sites (tertiary alicyclic amines) is 1. The molecule has 0 aliphatic carbocycles. The lowest BCUT2D eigenvalue weighted by Gasteiger charge is -2.33. The summed E-state index contributed by atoms with van der Waals surface area (Å²) in [4.78, 5) is 70.4. The minimum atomic E-state index is -2.04. The zero-order valence-electron chi connectivity index (χ0n) is 25.3. The fourth-order valence-electron chi connectivity index (χ4n) is 4.72. The third-order valence-corrected chi connectivity index (χ3v) is 7.24. The van der Waals surface area contributed by atoms with Crippen LogP contribution in [0.4, 0.5) is 4.79 Å². The Kier molecular flexibility index (Phi) is 13.4. The molecule has 1 aliphatic rings. The molecule has 0 bridgehead atoms. The quantitative estimate of drug-likeness (QED) is 0.150. The number of piperidine rings is 1. The van der Waals surface area contributed by atoms with E-state index in [-0.39, 0.29) is 19.1 Å². The normalized spacial score (nSPS) is 15.3. The highest BCUT2D eigenvalue weighted by molar-refractivity contribution is 6.02. The monoisotopic (exact) mass is 590 g/mol. The van der Waals surface area contributed by atoms with Crippen molar-refractivity contribution in [3.8, 4) is 0 Å². The number of nitrogens with two attached hydrogens (primary N) is 2. The van der Waals surface area contributed by atoms with Crippen LogP contribution >= 0.6 is 0 Å². The average molecular weight is 591 g/mol. The molecule has 12 nitrogen and oxygen atoms in total. The van der Waals surface area contributed by atoms with Crippen LogP contribution in [0.15, 0.2) is 30.3 Å². The fraction of sp³-hybridized carbons (Fsp3) is 0.633. The molecular weight excluding hydrogens is 544 g/mol. The number of esters is 1. The van der Waals surface area contributed by atoms with E-state index < -0.39 is 47.9 Å². The number of imide groups is 1. The van der Waals surface area contributed by atoms with Gasteiger partial charge in [0.15, 0.2) is 5.41 Å². The van der Waals surface area contributed by atoms with Crippen molar-refractivity contribution in [3.05, 3.63) is 35.9 Å². The third-order valence-electron chi connectivity index (χ3n) is 7.24. The summed E-state index contributed by atoms with van der Waals surface area (Å²) >= 11 is 0. The first-order chi connectivity index (χ1) is 19.8. The number of nitrogens with zero attached hydrogens (tertiary/aromatic N) is 2. The lowest BCUT2D eigenvalue weighted by Crippen LogP contribution is -2.53. The van der Waals surface area contributed by atoms with Crippen LogP contribution in [-0.2, 0) is 40.1 Å². The van der Waals surface area contributed by atoms with Gasteiger partial charge < -0.3 is 24.9 Å². The molecule has 12 heteroatoms. The molecule has 1 unspecified atom stereocenters. The third kappa shape index (κ3) is 10.7. The summed E-state index contributed by atoms with van der Waals surface area (Å²) in [6.07, 6.45) is 4.67. The lowest BCUT2D eigenvalue weighted by atomic mass is 9.89. The summed E-state index contributed by atoms with van der Waals surface area (Å²) in [5.41, 5.74) is 3.66. The van der Waals surface area contributed by atoms with E-state index >= 15 is 0 Å². The van der Waals surface area contributed by atoms with Crippen LogP contribution in [0.25, 0.3) is 0 Å². The largest absolute Gasteiger partial charge is 0.460 e. The van der Waals surface area contributed by atoms with E-state index in [1.807, 2.05) is 20.8 Å². The lowest BCUT2D eigenvalue weighted by molar-refractivity contribution is -0.174. The molecule has 1 atom stereocenters. The van der Waals surface area contributed by atoms with E-state index in [0.717, 1.165) is 37.0 Å². The van der Waals surface area contributed by atoms with Crippen LogP contribution in [0, 0.1) is 11.3 Å². The van der Waals surface area contributed by atoms with Gasteiger partial charge in [-0.05, 0) is 58.4 Å². The second kappa shape index (κ2) is 16.2. The van der Waals surface area contributed by atoms with Crippen LogP contribution in [0.3, 0.4) is 0 Å². The van der Waals surface area contributed by atoms with Gasteiger partial charge in [0.05, 0.1) is 13.1 Å². The Morgan fingerprint density at radius 1 is 0.929 bits per heavy atom. The highest BCUT2D eigenvalue weighted by atomic mass is 16.7. The maximum absolute atomic E-state index is 13.1. The smallest absolute Gasteiger partial charge is 0.410 e. The number of carbonyl (C=O) groups is 5. The Bertz CT molecular complexity index is 1070. The molecule has 0 aromatic heterocycles. The number of benzene rings is 1. The standard InChI is InChI=1S/C30H46N4O8/c1-29(2,3)41-28(39)33-17-15-22(16-18-33)11-7-6-10-14-24(35)34(25(36)19-31)21-30(4,27(38)42-32)26(37)40-20-23-12-8-5-9-13-23/h5,8-9,12-13,22H,6-7,10-11,14-21,31-32H2,1-4H3. The van der Waals surface area contributed by atoms with Gasteiger partial charge in [-0.15, -0.1) is 0 Å². The van der Waals surface area contributed by atoms with Crippen molar-refractivity contribution in [3.63, 3.8) is 0 Å². The van der Waals surface area contributed by atoms with E-state index in [1.165, 1.54) is 6.92 Å². The number of rotatable bonds is 13. The summed E-state index contributed by atoms with van der Waals surface area (Å²) < 4.78 is 10.8. The predicted molar refractivity (Wildman–Crippen MR) is 154 cm³/mol. The molecule has 0 radical (unpaired) electrons. The van der Waals surface area contributed by atoms with Crippen molar-refractivity contribution >= 4 is 29.8 Å². The van der Waals surface area contributed by atoms with E-state index in [4.69, 9.17) is 21.1 Å². The molecule has 1 fully saturated rings. The van der Waals surface area contributed by atoms with Gasteiger partial charge in [0.1, 0.15) is 12.2 Å². The Labute approximate surface area is 247 Å². The van der Waals surface area contributed by atoms with Crippen LogP contribution < -0.4 is 11.6 Å². The number of unbranched alkanes of at least 4 members (excludes halogenated alkanes) is 2. The maximum atomic E-state index is 13.1. The topological polar surface area (TPSA) is 172 Å². The maximum Gasteiger partial charge on any atom is 0.410 e. The first-order valence-electron chi connectivity index (χ1n) is 14.4. The Morgan fingerprint density at radius 3 is 2.14 bits per heavy atom. The Morgan fingerprint density at radius 2 is 1.57 bits per heavy atom. The molecule has 42 heavy (non-hydrogen) atoms. The summed E-state index contributed by atoms with van der Waals surface area (Å²) in [5, 5.41) is 0. The van der Waals surface area contributed by atoms with Gasteiger partial charge in [0.25, 0.3) is 0 Å². The van der Waals surface area contributed by atoms with Crippen molar-refractivity contribution in [2.24, 2.45) is 23.0 Å². The van der Waals surface area contributed by atoms with Gasteiger partial charge in [-0.3, -0.25) is 19.3 Å². The average Bonchev–Trinajstić information content (AvgIpc) is 2.97. The Hall–Kier alpha value is -3.51. The second-order valence-electron chi connectivity index (χ2n) is 11.9. The van der Waals surface area contributed by atoms with Crippen molar-refractivity contribution in [1.29, 1.82) is 0 Å². The van der Waals surface area contributed by atoms with E-state index in [2.05, 4.69) is 4.84 Å². The van der Waals surface area contributed by atoms with Gasteiger partial charge in [-0.2, -0.15) is 5.90 Å². The highest BCUT2D eigenvalue weighted by Crippen LogP contribution is 2.26. The van der Waals surface area contributed by atoms with Gasteiger partial charge in [0.2, 0.25) is 11.8 Å². The summed E-state index contributed by atoms with van der Waals surface area (Å²) in [7, 11) is 0. The summed E-state index contributed by atoms with van der Waals surface area (Å²) in [6.45, 7) is 6.87. The Balaban J connectivity index is 1.87. The van der Waals surface area contributed by atoms with Crippen molar-refractivity contribution in [2.75, 3.05) is 26.2 Å². The number of hydrogen-bond donors (Lipinski definition) is 2. The zero-order valence-corrected chi connectivity index (χ0v) is 25.3. The molecule has 1 aliphatic heterocycles. The number of hydrogen-bond acceptors (Lipinski definition) is 10. The number of ether oxygens (including phenoxy) is 2. The fourth-order valence-corrected chi connectivity index (χ4v) is 4.72. The van der Waals surface area contributed by atoms with Gasteiger partial charge >= 0.3 is 18.0 Å². The van der Waals surface area contributed by atoms with E-state index in [0.29, 0.717) is 31.0 Å². The molecule has 3 amide bonds. The van der Waals surface area contributed by atoms with Crippen LogP contribution in [-0.4, -0.2) is 71.4 Å². The van der Waals surface area contributed by atoms with Crippen molar-refractivity contribution < 1.29 is 38.3 Å². The number of amides is 3.